The van der Waals surface area contributed by atoms with E-state index in [1.54, 1.807) is 0 Å². The Kier molecular flexibility index (Phi) is 3.44. The van der Waals surface area contributed by atoms with Crippen molar-refractivity contribution >= 4 is 0 Å². The summed E-state index contributed by atoms with van der Waals surface area (Å²) >= 11 is 0. The van der Waals surface area contributed by atoms with E-state index >= 15 is 0 Å². The highest BCUT2D eigenvalue weighted by atomic mass is 15.3. The number of rotatable bonds is 3. The van der Waals surface area contributed by atoms with Crippen LogP contribution in [0.3, 0.4) is 0 Å². The number of piperazine rings is 1. The second kappa shape index (κ2) is 4.79. The van der Waals surface area contributed by atoms with Gasteiger partial charge in [0.1, 0.15) is 0 Å². The van der Waals surface area contributed by atoms with Crippen LogP contribution >= 0.6 is 0 Å². The van der Waals surface area contributed by atoms with Crippen molar-refractivity contribution in [3.8, 4) is 0 Å². The Morgan fingerprint density at radius 1 is 1.17 bits per heavy atom. The van der Waals surface area contributed by atoms with E-state index < -0.39 is 0 Å². The predicted octanol–water partition coefficient (Wildman–Crippen LogP) is 3.17. The van der Waals surface area contributed by atoms with Crippen LogP contribution in [0.15, 0.2) is 0 Å². The summed E-state index contributed by atoms with van der Waals surface area (Å²) in [5.74, 6) is 1.02. The Hall–Kier alpha value is -0.0800. The average Bonchev–Trinajstić information content (AvgIpc) is 3.20. The zero-order chi connectivity index (χ0) is 12.6. The summed E-state index contributed by atoms with van der Waals surface area (Å²) in [7, 11) is 0. The number of hydrogen-bond acceptors (Lipinski definition) is 2. The lowest BCUT2D eigenvalue weighted by molar-refractivity contribution is -0.00439. The highest BCUT2D eigenvalue weighted by Gasteiger charge is 2.45. The van der Waals surface area contributed by atoms with Crippen LogP contribution < -0.4 is 5.32 Å². The van der Waals surface area contributed by atoms with Crippen LogP contribution in [0.1, 0.15) is 65.2 Å². The third-order valence-corrected chi connectivity index (χ3v) is 5.85. The summed E-state index contributed by atoms with van der Waals surface area (Å²) in [5.41, 5.74) is 0.882. The molecule has 18 heavy (non-hydrogen) atoms. The summed E-state index contributed by atoms with van der Waals surface area (Å²) < 4.78 is 0. The Morgan fingerprint density at radius 2 is 1.89 bits per heavy atom. The standard InChI is InChI=1S/C16H30N2/c1-3-15(2)12-17-16(9-5-4-6-10-16)13-18(15)11-14-7-8-14/h14,17H,3-13H2,1-2H3. The molecule has 2 aliphatic carbocycles. The quantitative estimate of drug-likeness (QED) is 0.827. The SMILES string of the molecule is CCC1(C)CNC2(CCCCC2)CN1CC1CC1. The van der Waals surface area contributed by atoms with Gasteiger partial charge in [-0.3, -0.25) is 4.90 Å². The van der Waals surface area contributed by atoms with Crippen molar-refractivity contribution in [3.05, 3.63) is 0 Å². The van der Waals surface area contributed by atoms with Gasteiger partial charge in [-0.05, 0) is 44.9 Å². The van der Waals surface area contributed by atoms with Gasteiger partial charge in [0.05, 0.1) is 0 Å². The van der Waals surface area contributed by atoms with Crippen molar-refractivity contribution in [3.63, 3.8) is 0 Å². The molecule has 0 aromatic carbocycles. The molecule has 2 saturated carbocycles. The fourth-order valence-electron chi connectivity index (χ4n) is 3.91. The van der Waals surface area contributed by atoms with Crippen molar-refractivity contribution in [1.29, 1.82) is 0 Å². The van der Waals surface area contributed by atoms with Crippen LogP contribution in [0.25, 0.3) is 0 Å². The Balaban J connectivity index is 1.71. The first-order valence-corrected chi connectivity index (χ1v) is 8.16. The monoisotopic (exact) mass is 250 g/mol. The summed E-state index contributed by atoms with van der Waals surface area (Å²) in [4.78, 5) is 2.85. The first kappa shape index (κ1) is 12.9. The molecule has 0 radical (unpaired) electrons. The van der Waals surface area contributed by atoms with E-state index in [4.69, 9.17) is 0 Å². The molecule has 0 aromatic rings. The predicted molar refractivity (Wildman–Crippen MR) is 76.8 cm³/mol. The lowest BCUT2D eigenvalue weighted by atomic mass is 9.77. The van der Waals surface area contributed by atoms with Crippen molar-refractivity contribution < 1.29 is 0 Å². The summed E-state index contributed by atoms with van der Waals surface area (Å²) in [6.45, 7) is 8.72. The van der Waals surface area contributed by atoms with E-state index in [-0.39, 0.29) is 0 Å². The minimum Gasteiger partial charge on any atom is -0.308 e. The molecular formula is C16H30N2. The van der Waals surface area contributed by atoms with Crippen molar-refractivity contribution in [1.82, 2.24) is 10.2 Å². The molecule has 3 rings (SSSR count). The maximum absolute atomic E-state index is 3.96. The maximum atomic E-state index is 3.96. The van der Waals surface area contributed by atoms with Gasteiger partial charge in [0.15, 0.2) is 0 Å². The number of nitrogens with one attached hydrogen (secondary N) is 1. The van der Waals surface area contributed by atoms with Gasteiger partial charge < -0.3 is 5.32 Å². The molecule has 1 saturated heterocycles. The maximum Gasteiger partial charge on any atom is 0.0309 e. The average molecular weight is 250 g/mol. The molecule has 104 valence electrons. The fourth-order valence-corrected chi connectivity index (χ4v) is 3.91. The second-order valence-electron chi connectivity index (χ2n) is 7.37. The van der Waals surface area contributed by atoms with Gasteiger partial charge in [-0.1, -0.05) is 26.2 Å². The van der Waals surface area contributed by atoms with Gasteiger partial charge in [-0.15, -0.1) is 0 Å². The third-order valence-electron chi connectivity index (χ3n) is 5.85. The first-order valence-electron chi connectivity index (χ1n) is 8.16. The first-order chi connectivity index (χ1) is 8.66. The third kappa shape index (κ3) is 2.46. The van der Waals surface area contributed by atoms with Crippen LogP contribution in [-0.2, 0) is 0 Å². The lowest BCUT2D eigenvalue weighted by Crippen LogP contribution is -2.69. The second-order valence-corrected chi connectivity index (χ2v) is 7.37. The minimum absolute atomic E-state index is 0.408. The summed E-state index contributed by atoms with van der Waals surface area (Å²) in [6.07, 6.45) is 11.4. The molecule has 0 bridgehead atoms. The molecule has 1 spiro atoms. The molecule has 3 fully saturated rings. The van der Waals surface area contributed by atoms with Crippen LogP contribution in [0.2, 0.25) is 0 Å². The van der Waals surface area contributed by atoms with Crippen molar-refractivity contribution in [2.75, 3.05) is 19.6 Å². The molecule has 3 aliphatic rings. The smallest absolute Gasteiger partial charge is 0.0309 e. The molecule has 1 unspecified atom stereocenters. The van der Waals surface area contributed by atoms with Crippen molar-refractivity contribution in [2.24, 2.45) is 5.92 Å². The van der Waals surface area contributed by atoms with Crippen LogP contribution in [0.5, 0.6) is 0 Å². The summed E-state index contributed by atoms with van der Waals surface area (Å²) in [5, 5.41) is 3.96. The summed E-state index contributed by atoms with van der Waals surface area (Å²) in [6, 6.07) is 0. The fraction of sp³-hybridized carbons (Fsp3) is 1.00. The molecule has 1 aliphatic heterocycles. The van der Waals surface area contributed by atoms with E-state index in [0.29, 0.717) is 11.1 Å². The molecule has 2 nitrogen and oxygen atoms in total. The lowest BCUT2D eigenvalue weighted by Gasteiger charge is -2.54. The van der Waals surface area contributed by atoms with Gasteiger partial charge in [-0.25, -0.2) is 0 Å². The van der Waals surface area contributed by atoms with E-state index in [1.807, 2.05) is 0 Å². The molecule has 2 heteroatoms. The van der Waals surface area contributed by atoms with Gasteiger partial charge in [-0.2, -0.15) is 0 Å². The van der Waals surface area contributed by atoms with Crippen LogP contribution in [0.4, 0.5) is 0 Å². The van der Waals surface area contributed by atoms with Gasteiger partial charge in [0.2, 0.25) is 0 Å². The van der Waals surface area contributed by atoms with Crippen LogP contribution in [0, 0.1) is 5.92 Å². The van der Waals surface area contributed by atoms with E-state index in [0.717, 1.165) is 5.92 Å². The Bertz CT molecular complexity index is 291. The van der Waals surface area contributed by atoms with Crippen LogP contribution in [-0.4, -0.2) is 35.6 Å². The molecular weight excluding hydrogens is 220 g/mol. The normalized spacial score (nSPS) is 37.0. The Morgan fingerprint density at radius 3 is 2.50 bits per heavy atom. The zero-order valence-corrected chi connectivity index (χ0v) is 12.3. The highest BCUT2D eigenvalue weighted by molar-refractivity contribution is 5.05. The largest absolute Gasteiger partial charge is 0.308 e. The molecule has 0 amide bonds. The van der Waals surface area contributed by atoms with E-state index in [9.17, 15) is 0 Å². The minimum atomic E-state index is 0.408. The van der Waals surface area contributed by atoms with E-state index in [2.05, 4.69) is 24.1 Å². The molecule has 0 aromatic heterocycles. The van der Waals surface area contributed by atoms with Gasteiger partial charge in [0, 0.05) is 30.7 Å². The topological polar surface area (TPSA) is 15.3 Å². The van der Waals surface area contributed by atoms with E-state index in [1.165, 1.54) is 71.0 Å². The van der Waals surface area contributed by atoms with Gasteiger partial charge >= 0.3 is 0 Å². The Labute approximate surface area is 113 Å². The van der Waals surface area contributed by atoms with Crippen molar-refractivity contribution in [2.45, 2.75) is 76.3 Å². The number of hydrogen-bond donors (Lipinski definition) is 1. The molecule has 1 heterocycles. The van der Waals surface area contributed by atoms with Gasteiger partial charge in [0.25, 0.3) is 0 Å². The zero-order valence-electron chi connectivity index (χ0n) is 12.3. The highest BCUT2D eigenvalue weighted by Crippen LogP contribution is 2.39. The molecule has 1 N–H and O–H groups in total. The number of nitrogens with zero attached hydrogens (tertiary/aromatic N) is 1. The molecule has 1 atom stereocenters.